The highest BCUT2D eigenvalue weighted by Crippen LogP contribution is 2.26. The van der Waals surface area contributed by atoms with E-state index >= 15 is 0 Å². The van der Waals surface area contributed by atoms with Crippen molar-refractivity contribution in [2.45, 2.75) is 26.3 Å². The molecule has 19 heavy (non-hydrogen) atoms. The first-order valence-electron chi connectivity index (χ1n) is 6.36. The molecule has 0 atom stereocenters. The Bertz CT molecular complexity index is 549. The summed E-state index contributed by atoms with van der Waals surface area (Å²) in [5, 5.41) is 0. The fourth-order valence-electron chi connectivity index (χ4n) is 1.80. The zero-order valence-electron chi connectivity index (χ0n) is 11.2. The van der Waals surface area contributed by atoms with E-state index in [0.717, 1.165) is 5.56 Å². The lowest BCUT2D eigenvalue weighted by atomic mass is 10.0. The molecular formula is C16H18FNO. The van der Waals surface area contributed by atoms with Crippen LogP contribution in [0.15, 0.2) is 42.5 Å². The van der Waals surface area contributed by atoms with Crippen molar-refractivity contribution >= 4 is 0 Å². The second kappa shape index (κ2) is 5.85. The minimum Gasteiger partial charge on any atom is -0.454 e. The average molecular weight is 259 g/mol. The second-order valence-corrected chi connectivity index (χ2v) is 4.79. The quantitative estimate of drug-likeness (QED) is 0.893. The van der Waals surface area contributed by atoms with E-state index in [9.17, 15) is 4.39 Å². The summed E-state index contributed by atoms with van der Waals surface area (Å²) < 4.78 is 19.3. The topological polar surface area (TPSA) is 35.2 Å². The Hall–Kier alpha value is -1.87. The van der Waals surface area contributed by atoms with Crippen molar-refractivity contribution in [1.29, 1.82) is 0 Å². The van der Waals surface area contributed by atoms with Crippen molar-refractivity contribution in [1.82, 2.24) is 0 Å². The van der Waals surface area contributed by atoms with Crippen LogP contribution >= 0.6 is 0 Å². The Morgan fingerprint density at radius 2 is 1.79 bits per heavy atom. The van der Waals surface area contributed by atoms with Gasteiger partial charge in [-0.25, -0.2) is 4.39 Å². The van der Waals surface area contributed by atoms with Gasteiger partial charge in [-0.15, -0.1) is 0 Å². The summed E-state index contributed by atoms with van der Waals surface area (Å²) in [6.07, 6.45) is 0. The van der Waals surface area contributed by atoms with Gasteiger partial charge in [0.05, 0.1) is 0 Å². The molecule has 0 aromatic heterocycles. The van der Waals surface area contributed by atoms with Crippen molar-refractivity contribution in [3.8, 4) is 11.5 Å². The molecule has 2 rings (SSSR count). The number of hydrogen-bond acceptors (Lipinski definition) is 2. The Kier molecular flexibility index (Phi) is 4.17. The molecule has 100 valence electrons. The van der Waals surface area contributed by atoms with E-state index in [-0.39, 0.29) is 5.75 Å². The molecule has 0 aliphatic heterocycles. The fourth-order valence-corrected chi connectivity index (χ4v) is 1.80. The van der Waals surface area contributed by atoms with Gasteiger partial charge in [-0.1, -0.05) is 32.0 Å². The van der Waals surface area contributed by atoms with Crippen molar-refractivity contribution in [2.75, 3.05) is 0 Å². The summed E-state index contributed by atoms with van der Waals surface area (Å²) in [6, 6.07) is 12.5. The van der Waals surface area contributed by atoms with Crippen molar-refractivity contribution in [3.63, 3.8) is 0 Å². The summed E-state index contributed by atoms with van der Waals surface area (Å²) in [4.78, 5) is 0. The van der Waals surface area contributed by atoms with Crippen LogP contribution in [0.1, 0.15) is 30.9 Å². The maximum atomic E-state index is 13.7. The molecule has 0 unspecified atom stereocenters. The van der Waals surface area contributed by atoms with Gasteiger partial charge in [-0.2, -0.15) is 0 Å². The third-order valence-corrected chi connectivity index (χ3v) is 3.01. The lowest BCUT2D eigenvalue weighted by Crippen LogP contribution is -1.97. The van der Waals surface area contributed by atoms with Crippen LogP contribution in [-0.4, -0.2) is 0 Å². The molecule has 2 nitrogen and oxygen atoms in total. The molecule has 0 saturated heterocycles. The van der Waals surface area contributed by atoms with Gasteiger partial charge in [-0.05, 0) is 41.3 Å². The van der Waals surface area contributed by atoms with Gasteiger partial charge in [0.2, 0.25) is 0 Å². The minimum absolute atomic E-state index is 0.217. The molecule has 0 radical (unpaired) electrons. The van der Waals surface area contributed by atoms with Gasteiger partial charge in [0.15, 0.2) is 11.6 Å². The second-order valence-electron chi connectivity index (χ2n) is 4.79. The van der Waals surface area contributed by atoms with Gasteiger partial charge in [0.25, 0.3) is 0 Å². The predicted octanol–water partition coefficient (Wildman–Crippen LogP) is 4.20. The Labute approximate surface area is 113 Å². The van der Waals surface area contributed by atoms with E-state index in [2.05, 4.69) is 13.8 Å². The molecule has 0 aliphatic rings. The highest BCUT2D eigenvalue weighted by atomic mass is 19.1. The third kappa shape index (κ3) is 3.32. The first-order chi connectivity index (χ1) is 9.10. The SMILES string of the molecule is CC(C)c1ccc(Oc2ccc(CN)cc2F)cc1. The molecule has 0 bridgehead atoms. The van der Waals surface area contributed by atoms with Crippen LogP contribution in [0, 0.1) is 5.82 Å². The number of ether oxygens (including phenoxy) is 1. The summed E-state index contributed by atoms with van der Waals surface area (Å²) in [5.74, 6) is 0.920. The first kappa shape index (κ1) is 13.6. The molecule has 0 spiro atoms. The smallest absolute Gasteiger partial charge is 0.166 e. The number of halogens is 1. The van der Waals surface area contributed by atoms with Crippen LogP contribution in [-0.2, 0) is 6.54 Å². The van der Waals surface area contributed by atoms with Gasteiger partial charge < -0.3 is 10.5 Å². The van der Waals surface area contributed by atoms with Crippen LogP contribution in [0.5, 0.6) is 11.5 Å². The number of rotatable bonds is 4. The van der Waals surface area contributed by atoms with Crippen LogP contribution < -0.4 is 10.5 Å². The molecule has 0 aliphatic carbocycles. The number of benzene rings is 2. The van der Waals surface area contributed by atoms with Crippen molar-refractivity contribution in [3.05, 3.63) is 59.4 Å². The van der Waals surface area contributed by atoms with E-state index in [4.69, 9.17) is 10.5 Å². The van der Waals surface area contributed by atoms with Gasteiger partial charge in [-0.3, -0.25) is 0 Å². The zero-order valence-corrected chi connectivity index (χ0v) is 11.2. The molecule has 2 aromatic carbocycles. The Morgan fingerprint density at radius 3 is 2.32 bits per heavy atom. The van der Waals surface area contributed by atoms with Crippen LogP contribution in [0.3, 0.4) is 0 Å². The number of nitrogens with two attached hydrogens (primary N) is 1. The normalized spacial score (nSPS) is 10.8. The van der Waals surface area contributed by atoms with E-state index in [1.807, 2.05) is 24.3 Å². The van der Waals surface area contributed by atoms with E-state index in [1.165, 1.54) is 11.6 Å². The zero-order chi connectivity index (χ0) is 13.8. The summed E-state index contributed by atoms with van der Waals surface area (Å²) in [7, 11) is 0. The van der Waals surface area contributed by atoms with Crippen LogP contribution in [0.2, 0.25) is 0 Å². The largest absolute Gasteiger partial charge is 0.454 e. The fraction of sp³-hybridized carbons (Fsp3) is 0.250. The molecule has 0 fully saturated rings. The third-order valence-electron chi connectivity index (χ3n) is 3.01. The highest BCUT2D eigenvalue weighted by Gasteiger charge is 2.06. The van der Waals surface area contributed by atoms with Crippen LogP contribution in [0.25, 0.3) is 0 Å². The Morgan fingerprint density at radius 1 is 1.11 bits per heavy atom. The standard InChI is InChI=1S/C16H18FNO/c1-11(2)13-4-6-14(7-5-13)19-16-8-3-12(10-18)9-15(16)17/h3-9,11H,10,18H2,1-2H3. The molecule has 0 saturated carbocycles. The highest BCUT2D eigenvalue weighted by molar-refractivity contribution is 5.36. The molecule has 2 N–H and O–H groups in total. The molecule has 0 heterocycles. The predicted molar refractivity (Wildman–Crippen MR) is 74.9 cm³/mol. The number of hydrogen-bond donors (Lipinski definition) is 1. The Balaban J connectivity index is 2.16. The van der Waals surface area contributed by atoms with E-state index in [1.54, 1.807) is 12.1 Å². The molecule has 2 aromatic rings. The van der Waals surface area contributed by atoms with Crippen molar-refractivity contribution in [2.24, 2.45) is 5.73 Å². The van der Waals surface area contributed by atoms with Crippen molar-refractivity contribution < 1.29 is 9.13 Å². The first-order valence-corrected chi connectivity index (χ1v) is 6.36. The lowest BCUT2D eigenvalue weighted by Gasteiger charge is -2.10. The molecule has 0 amide bonds. The molecule has 3 heteroatoms. The average Bonchev–Trinajstić information content (AvgIpc) is 2.41. The summed E-state index contributed by atoms with van der Waals surface area (Å²) >= 11 is 0. The summed E-state index contributed by atoms with van der Waals surface area (Å²) in [5.41, 5.74) is 7.44. The lowest BCUT2D eigenvalue weighted by molar-refractivity contribution is 0.441. The maximum absolute atomic E-state index is 13.7. The van der Waals surface area contributed by atoms with Gasteiger partial charge >= 0.3 is 0 Å². The monoisotopic (exact) mass is 259 g/mol. The van der Waals surface area contributed by atoms with Crippen LogP contribution in [0.4, 0.5) is 4.39 Å². The van der Waals surface area contributed by atoms with Gasteiger partial charge in [0, 0.05) is 6.54 Å². The molecular weight excluding hydrogens is 241 g/mol. The maximum Gasteiger partial charge on any atom is 0.166 e. The summed E-state index contributed by atoms with van der Waals surface area (Å²) in [6.45, 7) is 4.57. The van der Waals surface area contributed by atoms with Gasteiger partial charge in [0.1, 0.15) is 5.75 Å². The van der Waals surface area contributed by atoms with E-state index < -0.39 is 5.82 Å². The minimum atomic E-state index is -0.393. The van der Waals surface area contributed by atoms with E-state index in [0.29, 0.717) is 18.2 Å².